The van der Waals surface area contributed by atoms with E-state index in [0.717, 1.165) is 32.6 Å². The fraction of sp³-hybridized carbons (Fsp3) is 0.923. The van der Waals surface area contributed by atoms with Crippen LogP contribution in [0.25, 0.3) is 0 Å². The van der Waals surface area contributed by atoms with E-state index in [2.05, 4.69) is 22.5 Å². The number of hydrogen-bond acceptors (Lipinski definition) is 3. The number of amides is 1. The Morgan fingerprint density at radius 3 is 2.88 bits per heavy atom. The van der Waals surface area contributed by atoms with Gasteiger partial charge in [-0.2, -0.15) is 0 Å². The normalized spacial score (nSPS) is 31.0. The minimum Gasteiger partial charge on any atom is -0.338 e. The van der Waals surface area contributed by atoms with E-state index >= 15 is 0 Å². The van der Waals surface area contributed by atoms with Crippen molar-refractivity contribution >= 4 is 5.91 Å². The van der Waals surface area contributed by atoms with Crippen molar-refractivity contribution in [3.8, 4) is 0 Å². The Morgan fingerprint density at radius 1 is 1.29 bits per heavy atom. The lowest BCUT2D eigenvalue weighted by Gasteiger charge is -2.34. The van der Waals surface area contributed by atoms with E-state index in [9.17, 15) is 4.79 Å². The predicted octanol–water partition coefficient (Wildman–Crippen LogP) is 0.729. The van der Waals surface area contributed by atoms with Crippen LogP contribution in [0.1, 0.15) is 39.0 Å². The van der Waals surface area contributed by atoms with Crippen LogP contribution in [0.3, 0.4) is 0 Å². The Kier molecular flexibility index (Phi) is 4.80. The Balaban J connectivity index is 1.98. The van der Waals surface area contributed by atoms with Gasteiger partial charge in [0.2, 0.25) is 5.91 Å². The standard InChI is InChI=1S/C13H25N3O/c1-2-11-6-4-3-5-9-16(11)13(17)12-10-14-7-8-15-12/h11-12,14-15H,2-10H2,1H3. The first-order chi connectivity index (χ1) is 8.33. The van der Waals surface area contributed by atoms with Gasteiger partial charge in [0.05, 0.1) is 6.04 Å². The lowest BCUT2D eigenvalue weighted by Crippen LogP contribution is -2.58. The molecule has 17 heavy (non-hydrogen) atoms. The van der Waals surface area contributed by atoms with Crippen LogP contribution in [0.4, 0.5) is 0 Å². The Bertz CT molecular complexity index is 251. The highest BCUT2D eigenvalue weighted by molar-refractivity contribution is 5.82. The quantitative estimate of drug-likeness (QED) is 0.746. The molecule has 2 saturated heterocycles. The maximum Gasteiger partial charge on any atom is 0.241 e. The highest BCUT2D eigenvalue weighted by Gasteiger charge is 2.30. The summed E-state index contributed by atoms with van der Waals surface area (Å²) in [6.45, 7) is 5.81. The molecule has 0 aromatic rings. The van der Waals surface area contributed by atoms with Crippen LogP contribution >= 0.6 is 0 Å². The van der Waals surface area contributed by atoms with E-state index in [4.69, 9.17) is 0 Å². The first-order valence-corrected chi connectivity index (χ1v) is 7.07. The molecule has 2 heterocycles. The average molecular weight is 239 g/mol. The predicted molar refractivity (Wildman–Crippen MR) is 68.9 cm³/mol. The molecule has 2 unspecified atom stereocenters. The van der Waals surface area contributed by atoms with Gasteiger partial charge in [0.15, 0.2) is 0 Å². The summed E-state index contributed by atoms with van der Waals surface area (Å²) in [4.78, 5) is 14.6. The number of carbonyl (C=O) groups excluding carboxylic acids is 1. The summed E-state index contributed by atoms with van der Waals surface area (Å²) in [6.07, 6.45) is 5.99. The smallest absolute Gasteiger partial charge is 0.241 e. The molecule has 0 aromatic heterocycles. The minimum absolute atomic E-state index is 0.00380. The second-order valence-electron chi connectivity index (χ2n) is 5.15. The van der Waals surface area contributed by atoms with Crippen molar-refractivity contribution in [1.29, 1.82) is 0 Å². The van der Waals surface area contributed by atoms with E-state index in [1.807, 2.05) is 0 Å². The monoisotopic (exact) mass is 239 g/mol. The van der Waals surface area contributed by atoms with E-state index < -0.39 is 0 Å². The molecule has 2 aliphatic heterocycles. The second kappa shape index (κ2) is 6.36. The van der Waals surface area contributed by atoms with Gasteiger partial charge in [0.1, 0.15) is 0 Å². The summed E-state index contributed by atoms with van der Waals surface area (Å²) in [5.74, 6) is 0.311. The number of piperazine rings is 1. The fourth-order valence-electron chi connectivity index (χ4n) is 2.92. The minimum atomic E-state index is -0.00380. The zero-order valence-electron chi connectivity index (χ0n) is 10.9. The number of rotatable bonds is 2. The highest BCUT2D eigenvalue weighted by atomic mass is 16.2. The van der Waals surface area contributed by atoms with Crippen molar-refractivity contribution in [2.24, 2.45) is 0 Å². The van der Waals surface area contributed by atoms with Gasteiger partial charge < -0.3 is 15.5 Å². The third-order valence-corrected chi connectivity index (χ3v) is 3.97. The molecule has 4 heteroatoms. The van der Waals surface area contributed by atoms with E-state index in [1.165, 1.54) is 25.7 Å². The molecule has 0 bridgehead atoms. The first-order valence-electron chi connectivity index (χ1n) is 7.07. The topological polar surface area (TPSA) is 44.4 Å². The summed E-state index contributed by atoms with van der Waals surface area (Å²) in [5.41, 5.74) is 0. The molecular weight excluding hydrogens is 214 g/mol. The molecular formula is C13H25N3O. The maximum atomic E-state index is 12.5. The van der Waals surface area contributed by atoms with Gasteiger partial charge in [0.25, 0.3) is 0 Å². The molecule has 2 N–H and O–H groups in total. The molecule has 0 aromatic carbocycles. The van der Waals surface area contributed by atoms with Gasteiger partial charge in [-0.25, -0.2) is 0 Å². The molecule has 1 amide bonds. The Hall–Kier alpha value is -0.610. The Labute approximate surface area is 104 Å². The summed E-state index contributed by atoms with van der Waals surface area (Å²) in [7, 11) is 0. The van der Waals surface area contributed by atoms with Crippen LogP contribution in [0.15, 0.2) is 0 Å². The van der Waals surface area contributed by atoms with E-state index in [0.29, 0.717) is 11.9 Å². The number of nitrogens with one attached hydrogen (secondary N) is 2. The number of carbonyl (C=O) groups is 1. The highest BCUT2D eigenvalue weighted by Crippen LogP contribution is 2.20. The number of likely N-dealkylation sites (tertiary alicyclic amines) is 1. The van der Waals surface area contributed by atoms with Crippen molar-refractivity contribution in [2.45, 2.75) is 51.1 Å². The third kappa shape index (κ3) is 3.19. The average Bonchev–Trinajstić information content (AvgIpc) is 2.64. The van der Waals surface area contributed by atoms with Crippen LogP contribution < -0.4 is 10.6 Å². The van der Waals surface area contributed by atoms with E-state index in [-0.39, 0.29) is 6.04 Å². The Morgan fingerprint density at radius 2 is 2.18 bits per heavy atom. The molecule has 0 aliphatic carbocycles. The summed E-state index contributed by atoms with van der Waals surface area (Å²) in [6, 6.07) is 0.463. The molecule has 2 aliphatic rings. The van der Waals surface area contributed by atoms with Gasteiger partial charge >= 0.3 is 0 Å². The second-order valence-corrected chi connectivity index (χ2v) is 5.15. The first kappa shape index (κ1) is 12.8. The van der Waals surface area contributed by atoms with Gasteiger partial charge in [0, 0.05) is 32.2 Å². The SMILES string of the molecule is CCC1CCCCCN1C(=O)C1CNCCN1. The zero-order chi connectivity index (χ0) is 12.1. The van der Waals surface area contributed by atoms with Crippen molar-refractivity contribution < 1.29 is 4.79 Å². The van der Waals surface area contributed by atoms with Crippen molar-refractivity contribution in [1.82, 2.24) is 15.5 Å². The van der Waals surface area contributed by atoms with Crippen LogP contribution in [0, 0.1) is 0 Å². The van der Waals surface area contributed by atoms with Gasteiger partial charge in [-0.15, -0.1) is 0 Å². The lowest BCUT2D eigenvalue weighted by atomic mass is 10.1. The molecule has 0 spiro atoms. The number of nitrogens with zero attached hydrogens (tertiary/aromatic N) is 1. The van der Waals surface area contributed by atoms with Crippen molar-refractivity contribution in [3.05, 3.63) is 0 Å². The fourth-order valence-corrected chi connectivity index (χ4v) is 2.92. The summed E-state index contributed by atoms with van der Waals surface area (Å²) >= 11 is 0. The van der Waals surface area contributed by atoms with Crippen molar-refractivity contribution in [3.63, 3.8) is 0 Å². The molecule has 2 fully saturated rings. The number of hydrogen-bond donors (Lipinski definition) is 2. The lowest BCUT2D eigenvalue weighted by molar-refractivity contribution is -0.136. The molecule has 2 rings (SSSR count). The molecule has 98 valence electrons. The third-order valence-electron chi connectivity index (χ3n) is 3.97. The van der Waals surface area contributed by atoms with Crippen LogP contribution in [-0.2, 0) is 4.79 Å². The summed E-state index contributed by atoms with van der Waals surface area (Å²) < 4.78 is 0. The van der Waals surface area contributed by atoms with Crippen LogP contribution in [-0.4, -0.2) is 49.1 Å². The van der Waals surface area contributed by atoms with Gasteiger partial charge in [-0.1, -0.05) is 19.8 Å². The maximum absolute atomic E-state index is 12.5. The molecule has 2 atom stereocenters. The van der Waals surface area contributed by atoms with E-state index in [1.54, 1.807) is 0 Å². The van der Waals surface area contributed by atoms with Gasteiger partial charge in [-0.05, 0) is 19.3 Å². The van der Waals surface area contributed by atoms with Crippen LogP contribution in [0.2, 0.25) is 0 Å². The largest absolute Gasteiger partial charge is 0.338 e. The molecule has 4 nitrogen and oxygen atoms in total. The summed E-state index contributed by atoms with van der Waals surface area (Å²) in [5, 5.41) is 6.62. The van der Waals surface area contributed by atoms with Gasteiger partial charge in [-0.3, -0.25) is 4.79 Å². The van der Waals surface area contributed by atoms with Crippen LogP contribution in [0.5, 0.6) is 0 Å². The molecule has 0 radical (unpaired) electrons. The molecule has 0 saturated carbocycles. The van der Waals surface area contributed by atoms with Crippen molar-refractivity contribution in [2.75, 3.05) is 26.2 Å². The zero-order valence-corrected chi connectivity index (χ0v) is 10.9.